The van der Waals surface area contributed by atoms with Gasteiger partial charge in [-0.25, -0.2) is 4.79 Å². The SMILES string of the molecule is CC[C@@H](NC(=O)N1CC(=O)NC[C@@H](Cc2cc(Cl)ccc2OC)C(=O)C1)/C(=C/C=C/C=O)SC. The molecule has 1 heterocycles. The van der Waals surface area contributed by atoms with E-state index in [-0.39, 0.29) is 37.4 Å². The fourth-order valence-electron chi connectivity index (χ4n) is 3.59. The van der Waals surface area contributed by atoms with Crippen molar-refractivity contribution in [1.82, 2.24) is 15.5 Å². The summed E-state index contributed by atoms with van der Waals surface area (Å²) < 4.78 is 5.37. The van der Waals surface area contributed by atoms with Crippen LogP contribution < -0.4 is 15.4 Å². The highest BCUT2D eigenvalue weighted by molar-refractivity contribution is 8.02. The molecule has 2 atom stereocenters. The predicted molar refractivity (Wildman–Crippen MR) is 134 cm³/mol. The molecule has 1 saturated heterocycles. The zero-order valence-electron chi connectivity index (χ0n) is 19.5. The summed E-state index contributed by atoms with van der Waals surface area (Å²) in [6.45, 7) is 1.68. The van der Waals surface area contributed by atoms with Gasteiger partial charge in [0.05, 0.1) is 19.7 Å². The number of amides is 3. The zero-order valence-corrected chi connectivity index (χ0v) is 21.1. The molecule has 2 rings (SSSR count). The van der Waals surface area contributed by atoms with Gasteiger partial charge in [0.2, 0.25) is 5.91 Å². The predicted octanol–water partition coefficient (Wildman–Crippen LogP) is 3.00. The van der Waals surface area contributed by atoms with E-state index < -0.39 is 11.9 Å². The van der Waals surface area contributed by atoms with Crippen molar-refractivity contribution in [2.75, 3.05) is 33.0 Å². The molecule has 0 saturated carbocycles. The van der Waals surface area contributed by atoms with Crippen molar-refractivity contribution in [3.05, 3.63) is 51.9 Å². The van der Waals surface area contributed by atoms with Crippen LogP contribution in [0.4, 0.5) is 4.79 Å². The maximum absolute atomic E-state index is 13.1. The number of halogens is 1. The first-order valence-corrected chi connectivity index (χ1v) is 12.5. The molecule has 1 fully saturated rings. The molecule has 0 radical (unpaired) electrons. The number of thioether (sulfide) groups is 1. The molecule has 34 heavy (non-hydrogen) atoms. The molecular formula is C24H30ClN3O5S. The van der Waals surface area contributed by atoms with Crippen LogP contribution in [0.1, 0.15) is 18.9 Å². The lowest BCUT2D eigenvalue weighted by molar-refractivity contribution is -0.128. The van der Waals surface area contributed by atoms with E-state index in [4.69, 9.17) is 16.3 Å². The number of hydrogen-bond donors (Lipinski definition) is 2. The Morgan fingerprint density at radius 2 is 2.12 bits per heavy atom. The van der Waals surface area contributed by atoms with Crippen molar-refractivity contribution in [2.24, 2.45) is 5.92 Å². The summed E-state index contributed by atoms with van der Waals surface area (Å²) in [7, 11) is 1.54. The molecule has 0 bridgehead atoms. The second kappa shape index (κ2) is 13.8. The van der Waals surface area contributed by atoms with Crippen LogP contribution in [0.15, 0.2) is 41.3 Å². The highest BCUT2D eigenvalue weighted by Gasteiger charge is 2.30. The van der Waals surface area contributed by atoms with Gasteiger partial charge < -0.3 is 20.3 Å². The highest BCUT2D eigenvalue weighted by Crippen LogP contribution is 2.26. The Balaban J connectivity index is 2.17. The third-order valence-electron chi connectivity index (χ3n) is 5.41. The van der Waals surface area contributed by atoms with Crippen molar-refractivity contribution >= 4 is 47.4 Å². The zero-order chi connectivity index (χ0) is 25.1. The average molecular weight is 508 g/mol. The number of carbonyl (C=O) groups is 4. The summed E-state index contributed by atoms with van der Waals surface area (Å²) in [5.74, 6) is -0.442. The number of urea groups is 1. The van der Waals surface area contributed by atoms with Crippen LogP contribution in [0.5, 0.6) is 5.75 Å². The maximum Gasteiger partial charge on any atom is 0.318 e. The van der Waals surface area contributed by atoms with Crippen LogP contribution in [0.3, 0.4) is 0 Å². The normalized spacial score (nSPS) is 18.2. The van der Waals surface area contributed by atoms with E-state index in [1.807, 2.05) is 13.2 Å². The first kappa shape index (κ1) is 27.5. The fourth-order valence-corrected chi connectivity index (χ4v) is 4.51. The Hall–Kier alpha value is -2.78. The molecule has 3 amide bonds. The van der Waals surface area contributed by atoms with Gasteiger partial charge in [-0.05, 0) is 48.9 Å². The van der Waals surface area contributed by atoms with Gasteiger partial charge >= 0.3 is 6.03 Å². The Morgan fingerprint density at radius 3 is 2.76 bits per heavy atom. The number of rotatable bonds is 9. The first-order chi connectivity index (χ1) is 16.3. The van der Waals surface area contributed by atoms with Gasteiger partial charge in [0.1, 0.15) is 18.6 Å². The quantitative estimate of drug-likeness (QED) is 0.302. The molecule has 0 spiro atoms. The Morgan fingerprint density at radius 1 is 1.35 bits per heavy atom. The lowest BCUT2D eigenvalue weighted by Gasteiger charge is -2.30. The highest BCUT2D eigenvalue weighted by atomic mass is 35.5. The molecule has 1 aliphatic rings. The number of nitrogens with zero attached hydrogens (tertiary/aromatic N) is 1. The molecule has 0 aromatic heterocycles. The smallest absolute Gasteiger partial charge is 0.318 e. The number of ether oxygens (including phenoxy) is 1. The molecule has 1 aliphatic heterocycles. The molecular weight excluding hydrogens is 478 g/mol. The topological polar surface area (TPSA) is 105 Å². The Labute approximate surface area is 209 Å². The summed E-state index contributed by atoms with van der Waals surface area (Å²) >= 11 is 7.56. The van der Waals surface area contributed by atoms with Crippen LogP contribution in [-0.2, 0) is 20.8 Å². The summed E-state index contributed by atoms with van der Waals surface area (Å²) in [5.41, 5.74) is 0.753. The van der Waals surface area contributed by atoms with Crippen LogP contribution >= 0.6 is 23.4 Å². The molecule has 2 N–H and O–H groups in total. The van der Waals surface area contributed by atoms with Crippen LogP contribution in [-0.4, -0.2) is 67.9 Å². The third kappa shape index (κ3) is 7.92. The number of Topliss-reactive ketones (excluding diaryl/α,β-unsaturated/α-hetero) is 1. The van der Waals surface area contributed by atoms with Gasteiger partial charge in [-0.2, -0.15) is 0 Å². The largest absolute Gasteiger partial charge is 0.496 e. The molecule has 184 valence electrons. The van der Waals surface area contributed by atoms with Crippen molar-refractivity contribution in [3.8, 4) is 5.75 Å². The number of hydrogen-bond acceptors (Lipinski definition) is 6. The monoisotopic (exact) mass is 507 g/mol. The summed E-state index contributed by atoms with van der Waals surface area (Å²) in [6.07, 6.45) is 8.19. The lowest BCUT2D eigenvalue weighted by atomic mass is 9.93. The molecule has 1 aromatic rings. The van der Waals surface area contributed by atoms with Gasteiger partial charge in [0.15, 0.2) is 5.78 Å². The number of carbonyl (C=O) groups excluding carboxylic acids is 4. The maximum atomic E-state index is 13.1. The number of allylic oxidation sites excluding steroid dienone is 3. The van der Waals surface area contributed by atoms with E-state index in [1.54, 1.807) is 30.4 Å². The van der Waals surface area contributed by atoms with E-state index in [1.165, 1.54) is 29.8 Å². The second-order valence-corrected chi connectivity index (χ2v) is 9.00. The van der Waals surface area contributed by atoms with Crippen LogP contribution in [0.25, 0.3) is 0 Å². The molecule has 0 aliphatic carbocycles. The first-order valence-electron chi connectivity index (χ1n) is 10.9. The second-order valence-electron chi connectivity index (χ2n) is 7.69. The van der Waals surface area contributed by atoms with Gasteiger partial charge in [0.25, 0.3) is 0 Å². The Bertz CT molecular complexity index is 966. The van der Waals surface area contributed by atoms with Gasteiger partial charge in [-0.1, -0.05) is 30.7 Å². The van der Waals surface area contributed by atoms with Crippen molar-refractivity contribution in [3.63, 3.8) is 0 Å². The minimum atomic E-state index is -0.538. The third-order valence-corrected chi connectivity index (χ3v) is 6.54. The standard InChI is InChI=1S/C24H30ClN3O5S/c1-4-19(22(34-3)7-5-6-10-29)27-24(32)28-14-20(30)17(13-26-23(31)15-28)11-16-12-18(25)8-9-21(16)33-2/h5-10,12,17,19H,4,11,13-15H2,1-3H3,(H,26,31)(H,27,32)/b6-5+,22-7-/t17-,19-/m1/s1. The summed E-state index contributed by atoms with van der Waals surface area (Å²) in [5, 5.41) is 6.16. The average Bonchev–Trinajstić information content (AvgIpc) is 2.81. The van der Waals surface area contributed by atoms with Gasteiger partial charge in [-0.3, -0.25) is 14.4 Å². The van der Waals surface area contributed by atoms with E-state index in [2.05, 4.69) is 10.6 Å². The van der Waals surface area contributed by atoms with Gasteiger partial charge in [0, 0.05) is 22.4 Å². The Kier molecular flexibility index (Phi) is 11.2. The minimum absolute atomic E-state index is 0.167. The number of nitrogens with one attached hydrogen (secondary N) is 2. The molecule has 0 unspecified atom stereocenters. The number of aldehydes is 1. The van der Waals surface area contributed by atoms with Crippen molar-refractivity contribution in [1.29, 1.82) is 0 Å². The van der Waals surface area contributed by atoms with Gasteiger partial charge in [-0.15, -0.1) is 11.8 Å². The summed E-state index contributed by atoms with van der Waals surface area (Å²) in [6, 6.07) is 4.34. The molecule has 1 aromatic carbocycles. The lowest BCUT2D eigenvalue weighted by Crippen LogP contribution is -2.54. The van der Waals surface area contributed by atoms with E-state index in [0.717, 1.165) is 10.5 Å². The fraction of sp³-hybridized carbons (Fsp3) is 0.417. The van der Waals surface area contributed by atoms with Crippen molar-refractivity contribution < 1.29 is 23.9 Å². The van der Waals surface area contributed by atoms with Crippen LogP contribution in [0, 0.1) is 5.92 Å². The number of methoxy groups -OCH3 is 1. The number of ketones is 1. The molecule has 10 heteroatoms. The van der Waals surface area contributed by atoms with E-state index in [9.17, 15) is 19.2 Å². The van der Waals surface area contributed by atoms with Crippen LogP contribution in [0.2, 0.25) is 5.02 Å². The van der Waals surface area contributed by atoms with E-state index >= 15 is 0 Å². The minimum Gasteiger partial charge on any atom is -0.496 e. The van der Waals surface area contributed by atoms with Crippen molar-refractivity contribution in [2.45, 2.75) is 25.8 Å². The summed E-state index contributed by atoms with van der Waals surface area (Å²) in [4.78, 5) is 51.1. The molecule has 8 nitrogen and oxygen atoms in total. The van der Waals surface area contributed by atoms with E-state index in [0.29, 0.717) is 29.9 Å². The number of benzene rings is 1.